The summed E-state index contributed by atoms with van der Waals surface area (Å²) >= 11 is 0. The number of carboxylic acid groups (broad SMARTS) is 1. The highest BCUT2D eigenvalue weighted by Crippen LogP contribution is 2.05. The maximum Gasteiger partial charge on any atom is 0.335 e. The van der Waals surface area contributed by atoms with E-state index in [4.69, 9.17) is 5.11 Å². The van der Waals surface area contributed by atoms with Crippen molar-refractivity contribution in [3.63, 3.8) is 0 Å². The van der Waals surface area contributed by atoms with E-state index in [0.29, 0.717) is 17.6 Å². The zero-order valence-corrected chi connectivity index (χ0v) is 12.9. The summed E-state index contributed by atoms with van der Waals surface area (Å²) < 4.78 is 0. The molecule has 4 heteroatoms. The molecule has 0 fully saturated rings. The predicted molar refractivity (Wildman–Crippen MR) is 82.1 cm³/mol. The third kappa shape index (κ3) is 5.31. The van der Waals surface area contributed by atoms with E-state index in [1.165, 1.54) is 0 Å². The van der Waals surface area contributed by atoms with Crippen molar-refractivity contribution in [2.24, 2.45) is 0 Å². The van der Waals surface area contributed by atoms with E-state index >= 15 is 0 Å². The summed E-state index contributed by atoms with van der Waals surface area (Å²) in [5, 5.41) is 12.2. The smallest absolute Gasteiger partial charge is 0.335 e. The van der Waals surface area contributed by atoms with Crippen LogP contribution in [0.15, 0.2) is 24.3 Å². The molecule has 1 aromatic carbocycles. The van der Waals surface area contributed by atoms with Gasteiger partial charge in [0.1, 0.15) is 0 Å². The second-order valence-corrected chi connectivity index (χ2v) is 5.60. The van der Waals surface area contributed by atoms with Gasteiger partial charge in [0.2, 0.25) is 0 Å². The fourth-order valence-electron chi connectivity index (χ4n) is 2.32. The van der Waals surface area contributed by atoms with Gasteiger partial charge in [-0.2, -0.15) is 0 Å². The standard InChI is InChI=1S/C16H26N2O2/c1-12(2)18(13(3)4)10-9-17-11-14-5-7-15(8-6-14)16(19)20/h5-8,12-13,17H,9-11H2,1-4H3,(H,19,20). The molecule has 0 amide bonds. The summed E-state index contributed by atoms with van der Waals surface area (Å²) in [5.74, 6) is -0.881. The van der Waals surface area contributed by atoms with Crippen molar-refractivity contribution in [1.82, 2.24) is 10.2 Å². The van der Waals surface area contributed by atoms with Gasteiger partial charge < -0.3 is 10.4 Å². The largest absolute Gasteiger partial charge is 0.478 e. The lowest BCUT2D eigenvalue weighted by Gasteiger charge is -2.30. The Balaban J connectivity index is 2.35. The van der Waals surface area contributed by atoms with Crippen molar-refractivity contribution in [1.29, 1.82) is 0 Å². The molecule has 0 aliphatic rings. The van der Waals surface area contributed by atoms with Crippen LogP contribution in [0.25, 0.3) is 0 Å². The second-order valence-electron chi connectivity index (χ2n) is 5.60. The van der Waals surface area contributed by atoms with Gasteiger partial charge in [0.15, 0.2) is 0 Å². The normalized spacial score (nSPS) is 11.6. The minimum absolute atomic E-state index is 0.333. The van der Waals surface area contributed by atoms with Crippen molar-refractivity contribution in [3.8, 4) is 0 Å². The summed E-state index contributed by atoms with van der Waals surface area (Å²) in [7, 11) is 0. The molecule has 0 radical (unpaired) electrons. The van der Waals surface area contributed by atoms with E-state index in [-0.39, 0.29) is 0 Å². The molecular formula is C16H26N2O2. The fourth-order valence-corrected chi connectivity index (χ4v) is 2.32. The van der Waals surface area contributed by atoms with Crippen LogP contribution in [0.5, 0.6) is 0 Å². The highest BCUT2D eigenvalue weighted by atomic mass is 16.4. The molecule has 0 heterocycles. The highest BCUT2D eigenvalue weighted by molar-refractivity contribution is 5.87. The molecule has 4 nitrogen and oxygen atoms in total. The molecule has 1 aromatic rings. The van der Waals surface area contributed by atoms with Crippen LogP contribution in [0.2, 0.25) is 0 Å². The number of carboxylic acids is 1. The van der Waals surface area contributed by atoms with Gasteiger partial charge in [0.05, 0.1) is 5.56 Å². The Labute approximate surface area is 121 Å². The summed E-state index contributed by atoms with van der Waals surface area (Å²) in [6.07, 6.45) is 0. The Bertz CT molecular complexity index is 405. The lowest BCUT2D eigenvalue weighted by Crippen LogP contribution is -2.41. The van der Waals surface area contributed by atoms with Gasteiger partial charge in [-0.3, -0.25) is 4.90 Å². The van der Waals surface area contributed by atoms with E-state index in [2.05, 4.69) is 37.9 Å². The number of hydrogen-bond acceptors (Lipinski definition) is 3. The lowest BCUT2D eigenvalue weighted by molar-refractivity contribution is 0.0697. The molecular weight excluding hydrogens is 252 g/mol. The first kappa shape index (κ1) is 16.7. The average molecular weight is 278 g/mol. The summed E-state index contributed by atoms with van der Waals surface area (Å²) in [6, 6.07) is 8.11. The molecule has 0 atom stereocenters. The first-order valence-electron chi connectivity index (χ1n) is 7.20. The molecule has 112 valence electrons. The molecule has 0 aromatic heterocycles. The maximum absolute atomic E-state index is 10.8. The highest BCUT2D eigenvalue weighted by Gasteiger charge is 2.12. The Kier molecular flexibility index (Phi) is 6.68. The molecule has 0 saturated heterocycles. The summed E-state index contributed by atoms with van der Waals surface area (Å²) in [4.78, 5) is 13.2. The minimum Gasteiger partial charge on any atom is -0.478 e. The monoisotopic (exact) mass is 278 g/mol. The zero-order valence-electron chi connectivity index (χ0n) is 12.9. The van der Waals surface area contributed by atoms with Crippen LogP contribution in [-0.2, 0) is 6.54 Å². The van der Waals surface area contributed by atoms with Crippen LogP contribution >= 0.6 is 0 Å². The van der Waals surface area contributed by atoms with Crippen LogP contribution in [0.4, 0.5) is 0 Å². The quantitative estimate of drug-likeness (QED) is 0.718. The van der Waals surface area contributed by atoms with Gasteiger partial charge in [-0.15, -0.1) is 0 Å². The molecule has 1 rings (SSSR count). The van der Waals surface area contributed by atoms with Gasteiger partial charge in [0, 0.05) is 31.7 Å². The van der Waals surface area contributed by atoms with Gasteiger partial charge >= 0.3 is 5.97 Å². The number of carbonyl (C=O) groups is 1. The summed E-state index contributed by atoms with van der Waals surface area (Å²) in [5.41, 5.74) is 1.44. The Morgan fingerprint density at radius 1 is 1.15 bits per heavy atom. The van der Waals surface area contributed by atoms with Gasteiger partial charge in [-0.05, 0) is 45.4 Å². The Morgan fingerprint density at radius 3 is 2.15 bits per heavy atom. The van der Waals surface area contributed by atoms with Gasteiger partial charge in [-0.25, -0.2) is 4.79 Å². The van der Waals surface area contributed by atoms with E-state index in [9.17, 15) is 4.79 Å². The topological polar surface area (TPSA) is 52.6 Å². The first-order chi connectivity index (χ1) is 9.41. The molecule has 0 unspecified atom stereocenters. The maximum atomic E-state index is 10.8. The van der Waals surface area contributed by atoms with Crippen LogP contribution in [-0.4, -0.2) is 41.1 Å². The van der Waals surface area contributed by atoms with Crippen LogP contribution in [0, 0.1) is 0 Å². The second kappa shape index (κ2) is 8.02. The molecule has 0 saturated carbocycles. The first-order valence-corrected chi connectivity index (χ1v) is 7.20. The van der Waals surface area contributed by atoms with Crippen molar-refractivity contribution in [2.45, 2.75) is 46.3 Å². The average Bonchev–Trinajstić information content (AvgIpc) is 2.38. The Hall–Kier alpha value is -1.39. The predicted octanol–water partition coefficient (Wildman–Crippen LogP) is 2.59. The van der Waals surface area contributed by atoms with Crippen LogP contribution in [0.1, 0.15) is 43.6 Å². The zero-order chi connectivity index (χ0) is 15.1. The number of benzene rings is 1. The van der Waals surface area contributed by atoms with Crippen LogP contribution < -0.4 is 5.32 Å². The molecule has 0 spiro atoms. The number of nitrogens with one attached hydrogen (secondary N) is 1. The number of rotatable bonds is 8. The number of hydrogen-bond donors (Lipinski definition) is 2. The summed E-state index contributed by atoms with van der Waals surface area (Å²) in [6.45, 7) is 11.6. The van der Waals surface area contributed by atoms with E-state index in [1.54, 1.807) is 12.1 Å². The molecule has 0 bridgehead atoms. The van der Waals surface area contributed by atoms with Crippen molar-refractivity contribution in [3.05, 3.63) is 35.4 Å². The molecule has 20 heavy (non-hydrogen) atoms. The van der Waals surface area contributed by atoms with Crippen molar-refractivity contribution < 1.29 is 9.90 Å². The van der Waals surface area contributed by atoms with E-state index in [1.807, 2.05) is 12.1 Å². The lowest BCUT2D eigenvalue weighted by atomic mass is 10.1. The SMILES string of the molecule is CC(C)N(CCNCc1ccc(C(=O)O)cc1)C(C)C. The van der Waals surface area contributed by atoms with Crippen molar-refractivity contribution >= 4 is 5.97 Å². The Morgan fingerprint density at radius 2 is 1.70 bits per heavy atom. The van der Waals surface area contributed by atoms with E-state index in [0.717, 1.165) is 25.2 Å². The number of nitrogens with zero attached hydrogens (tertiary/aromatic N) is 1. The fraction of sp³-hybridized carbons (Fsp3) is 0.562. The third-order valence-corrected chi connectivity index (χ3v) is 3.40. The van der Waals surface area contributed by atoms with Crippen molar-refractivity contribution in [2.75, 3.05) is 13.1 Å². The van der Waals surface area contributed by atoms with Gasteiger partial charge in [-0.1, -0.05) is 12.1 Å². The number of aromatic carboxylic acids is 1. The van der Waals surface area contributed by atoms with Crippen LogP contribution in [0.3, 0.4) is 0 Å². The van der Waals surface area contributed by atoms with Gasteiger partial charge in [0.25, 0.3) is 0 Å². The third-order valence-electron chi connectivity index (χ3n) is 3.40. The molecule has 0 aliphatic heterocycles. The minimum atomic E-state index is -0.881. The molecule has 2 N–H and O–H groups in total. The molecule has 0 aliphatic carbocycles. The van der Waals surface area contributed by atoms with E-state index < -0.39 is 5.97 Å².